The van der Waals surface area contributed by atoms with Crippen LogP contribution in [0.5, 0.6) is 0 Å². The van der Waals surface area contributed by atoms with E-state index in [-0.39, 0.29) is 0 Å². The van der Waals surface area contributed by atoms with Crippen molar-refractivity contribution < 1.29 is 0 Å². The van der Waals surface area contributed by atoms with E-state index < -0.39 is 16.5 Å². The van der Waals surface area contributed by atoms with Gasteiger partial charge in [-0.15, -0.1) is 13.2 Å². The maximum absolute atomic E-state index is 4.78. The highest BCUT2D eigenvalue weighted by Gasteiger charge is 2.26. The van der Waals surface area contributed by atoms with Crippen LogP contribution >= 0.6 is 11.1 Å². The van der Waals surface area contributed by atoms with Crippen molar-refractivity contribution in [3.05, 3.63) is 24.6 Å². The highest BCUT2D eigenvalue weighted by molar-refractivity contribution is 6.96. The first-order valence-electron chi connectivity index (χ1n) is 4.27. The molecule has 0 aromatic rings. The maximum Gasteiger partial charge on any atom is 0.164 e. The average Bonchev–Trinajstić information content (AvgIpc) is 2.05. The van der Waals surface area contributed by atoms with Crippen molar-refractivity contribution in [3.8, 4) is 0 Å². The monoisotopic (exact) mass is 251 g/mol. The molecule has 0 rings (SSSR count). The van der Waals surface area contributed by atoms with E-state index in [0.29, 0.717) is 0 Å². The molecule has 0 aliphatic heterocycles. The van der Waals surface area contributed by atoms with Crippen LogP contribution in [0, 0.1) is 0 Å². The molecule has 0 spiro atoms. The predicted octanol–water partition coefficient (Wildman–Crippen LogP) is 1.94. The van der Waals surface area contributed by atoms with Crippen LogP contribution in [0.25, 0.3) is 0 Å². The molecule has 0 saturated heterocycles. The highest BCUT2D eigenvalue weighted by Crippen LogP contribution is 2.06. The van der Waals surface area contributed by atoms with Crippen molar-refractivity contribution in [2.45, 2.75) is 26.2 Å². The van der Waals surface area contributed by atoms with Gasteiger partial charge in [-0.25, -0.2) is 0 Å². The molecular formula is C8H22ClNSi3. The van der Waals surface area contributed by atoms with Gasteiger partial charge in [0.25, 0.3) is 0 Å². The van der Waals surface area contributed by atoms with Gasteiger partial charge >= 0.3 is 0 Å². The number of nitrogens with one attached hydrogen (secondary N) is 1. The molecule has 0 atom stereocenters. The van der Waals surface area contributed by atoms with Crippen LogP contribution in [0.3, 0.4) is 0 Å². The molecule has 13 heavy (non-hydrogen) atoms. The van der Waals surface area contributed by atoms with Gasteiger partial charge in [-0.05, 0) is 6.55 Å². The van der Waals surface area contributed by atoms with Crippen molar-refractivity contribution >= 4 is 37.1 Å². The molecule has 0 saturated carbocycles. The van der Waals surface area contributed by atoms with Gasteiger partial charge in [0.05, 0.1) is 0 Å². The lowest BCUT2D eigenvalue weighted by Crippen LogP contribution is -2.57. The lowest BCUT2D eigenvalue weighted by Gasteiger charge is -2.29. The molecule has 0 amide bonds. The van der Waals surface area contributed by atoms with Gasteiger partial charge in [-0.1, -0.05) is 31.0 Å². The van der Waals surface area contributed by atoms with Gasteiger partial charge in [0, 0.05) is 0 Å². The van der Waals surface area contributed by atoms with E-state index in [1.165, 1.54) is 0 Å². The lowest BCUT2D eigenvalue weighted by molar-refractivity contribution is 1.34. The second-order valence-corrected chi connectivity index (χ2v) is 12.9. The van der Waals surface area contributed by atoms with Crippen LogP contribution in [0.1, 0.15) is 0 Å². The van der Waals surface area contributed by atoms with Gasteiger partial charge in [-0.3, -0.25) is 0 Å². The number of halogens is 1. The summed E-state index contributed by atoms with van der Waals surface area (Å²) in [4.78, 5) is 0. The molecule has 0 unspecified atom stereocenters. The fourth-order valence-electron chi connectivity index (χ4n) is 0.993. The maximum atomic E-state index is 4.78. The van der Waals surface area contributed by atoms with E-state index >= 15 is 0 Å². The fourth-order valence-corrected chi connectivity index (χ4v) is 8.44. The second-order valence-electron chi connectivity index (χ2n) is 4.07. The summed E-state index contributed by atoms with van der Waals surface area (Å²) in [5.41, 5.74) is 4.08. The molecule has 0 fully saturated rings. The quantitative estimate of drug-likeness (QED) is 0.595. The molecule has 78 valence electrons. The first-order chi connectivity index (χ1) is 5.83. The standard InChI is InChI=1S/C8H19NSi2.ClH3Si/c1-7-11(6,8-2)9-10(3,4)5;1-2/h7-9H,1-2H2,3-6H3;2H3. The lowest BCUT2D eigenvalue weighted by atomic mass is 11.2. The third-order valence-electron chi connectivity index (χ3n) is 1.49. The second kappa shape index (κ2) is 6.78. The van der Waals surface area contributed by atoms with Crippen molar-refractivity contribution in [2.24, 2.45) is 0 Å². The SMILES string of the molecule is C=C[Si](C)(C=C)N[Si](C)(C)C.[SiH3]Cl. The topological polar surface area (TPSA) is 12.0 Å². The molecule has 0 radical (unpaired) electrons. The third-order valence-corrected chi connectivity index (χ3v) is 8.34. The molecule has 0 aliphatic carbocycles. The Bertz CT molecular complexity index is 157. The average molecular weight is 252 g/mol. The largest absolute Gasteiger partial charge is 0.353 e. The summed E-state index contributed by atoms with van der Waals surface area (Å²) in [6.07, 6.45) is 0. The zero-order valence-corrected chi connectivity index (χ0v) is 14.2. The summed E-state index contributed by atoms with van der Waals surface area (Å²) in [7, 11) is -1.88. The summed E-state index contributed by atoms with van der Waals surface area (Å²) in [6, 6.07) is 0. The number of hydrogen-bond donors (Lipinski definition) is 1. The van der Waals surface area contributed by atoms with Crippen molar-refractivity contribution in [3.63, 3.8) is 0 Å². The van der Waals surface area contributed by atoms with Gasteiger partial charge < -0.3 is 4.65 Å². The third kappa shape index (κ3) is 8.70. The summed E-state index contributed by atoms with van der Waals surface area (Å²) in [6.45, 7) is 16.8. The highest BCUT2D eigenvalue weighted by atomic mass is 35.6. The van der Waals surface area contributed by atoms with E-state index in [0.717, 1.165) is 9.55 Å². The Hall–Kier alpha value is 0.381. The zero-order chi connectivity index (χ0) is 11.1. The number of hydrogen-bond acceptors (Lipinski definition) is 1. The van der Waals surface area contributed by atoms with Crippen molar-refractivity contribution in [2.75, 3.05) is 0 Å². The summed E-state index contributed by atoms with van der Waals surface area (Å²) in [5, 5.41) is 0. The smallest absolute Gasteiger partial charge is 0.164 e. The van der Waals surface area contributed by atoms with E-state index in [4.69, 9.17) is 11.1 Å². The van der Waals surface area contributed by atoms with E-state index in [9.17, 15) is 0 Å². The van der Waals surface area contributed by atoms with Crippen LogP contribution in [0.15, 0.2) is 24.6 Å². The van der Waals surface area contributed by atoms with Crippen LogP contribution in [-0.2, 0) is 0 Å². The van der Waals surface area contributed by atoms with E-state index in [1.807, 2.05) is 11.4 Å². The first-order valence-corrected chi connectivity index (χ1v) is 13.5. The minimum Gasteiger partial charge on any atom is -0.353 e. The molecule has 0 aromatic carbocycles. The Morgan fingerprint density at radius 2 is 1.38 bits per heavy atom. The molecule has 0 aromatic heterocycles. The van der Waals surface area contributed by atoms with Gasteiger partial charge in [0.1, 0.15) is 17.8 Å². The van der Waals surface area contributed by atoms with Crippen molar-refractivity contribution in [1.82, 2.24) is 4.65 Å². The Balaban J connectivity index is 0. The Morgan fingerprint density at radius 3 is 1.46 bits per heavy atom. The minimum atomic E-state index is -1.49. The molecule has 1 N–H and O–H groups in total. The van der Waals surface area contributed by atoms with Crippen LogP contribution in [-0.4, -0.2) is 26.0 Å². The minimum absolute atomic E-state index is 0.778. The summed E-state index contributed by atoms with van der Waals surface area (Å²) >= 11 is 4.78. The number of rotatable bonds is 4. The molecule has 0 bridgehead atoms. The molecular weight excluding hydrogens is 230 g/mol. The Kier molecular flexibility index (Phi) is 8.26. The normalized spacial score (nSPS) is 11.5. The Morgan fingerprint density at radius 1 is 1.08 bits per heavy atom. The van der Waals surface area contributed by atoms with E-state index in [2.05, 4.69) is 44.0 Å². The summed E-state index contributed by atoms with van der Waals surface area (Å²) < 4.78 is 3.67. The fraction of sp³-hybridized carbons (Fsp3) is 0.500. The van der Waals surface area contributed by atoms with Crippen LogP contribution < -0.4 is 4.65 Å². The van der Waals surface area contributed by atoms with Gasteiger partial charge in [0.15, 0.2) is 8.24 Å². The predicted molar refractivity (Wildman–Crippen MR) is 74.3 cm³/mol. The molecule has 0 heterocycles. The zero-order valence-electron chi connectivity index (χ0n) is 9.45. The molecule has 5 heteroatoms. The molecule has 1 nitrogen and oxygen atoms in total. The summed E-state index contributed by atoms with van der Waals surface area (Å²) in [5.74, 6) is 0. The Labute approximate surface area is 92.6 Å². The van der Waals surface area contributed by atoms with Gasteiger partial charge in [-0.2, -0.15) is 11.1 Å². The first kappa shape index (κ1) is 15.8. The molecule has 0 aliphatic rings. The van der Waals surface area contributed by atoms with Gasteiger partial charge in [0.2, 0.25) is 0 Å². The van der Waals surface area contributed by atoms with E-state index in [1.54, 1.807) is 0 Å². The van der Waals surface area contributed by atoms with Crippen LogP contribution in [0.4, 0.5) is 0 Å². The van der Waals surface area contributed by atoms with Crippen molar-refractivity contribution in [1.29, 1.82) is 0 Å². The van der Waals surface area contributed by atoms with Crippen LogP contribution in [0.2, 0.25) is 26.2 Å².